The molecule has 6 nitrogen and oxygen atoms in total. The summed E-state index contributed by atoms with van der Waals surface area (Å²) in [6.45, 7) is 0.396. The minimum Gasteiger partial charge on any atom is -0.481 e. The maximum atomic E-state index is 12.2. The molecule has 1 atom stereocenters. The molecular weight excluding hydrogens is 330 g/mol. The average Bonchev–Trinajstić information content (AvgIpc) is 2.86. The molecule has 120 valence electrons. The molecule has 1 aromatic rings. The number of hydrogen-bond donors (Lipinski definition) is 1. The second kappa shape index (κ2) is 6.66. The molecule has 1 amide bonds. The number of likely N-dealkylation sites (tertiary alicyclic amines) is 1. The zero-order valence-corrected chi connectivity index (χ0v) is 13.3. The van der Waals surface area contributed by atoms with E-state index in [2.05, 4.69) is 0 Å². The fourth-order valence-corrected chi connectivity index (χ4v) is 3.88. The second-order valence-electron chi connectivity index (χ2n) is 5.19. The van der Waals surface area contributed by atoms with Crippen LogP contribution in [0.25, 0.3) is 0 Å². The van der Waals surface area contributed by atoms with E-state index in [1.165, 1.54) is 29.2 Å². The highest BCUT2D eigenvalue weighted by Gasteiger charge is 2.32. The Morgan fingerprint density at radius 2 is 1.91 bits per heavy atom. The Hall–Kier alpha value is -1.60. The van der Waals surface area contributed by atoms with Gasteiger partial charge in [0.05, 0.1) is 11.3 Å². The number of benzene rings is 1. The SMILES string of the molecule is O=C(O)CC1CCCN1C(=O)CS(=O)(=O)c1ccc(Cl)cc1. The Morgan fingerprint density at radius 3 is 2.50 bits per heavy atom. The van der Waals surface area contributed by atoms with Crippen molar-refractivity contribution in [3.63, 3.8) is 0 Å². The van der Waals surface area contributed by atoms with Crippen LogP contribution >= 0.6 is 11.6 Å². The van der Waals surface area contributed by atoms with E-state index < -0.39 is 33.5 Å². The standard InChI is InChI=1S/C14H16ClNO5S/c15-10-3-5-12(6-4-10)22(20,21)9-13(17)16-7-1-2-11(16)8-14(18)19/h3-6,11H,1-2,7-9H2,(H,18,19). The third-order valence-corrected chi connectivity index (χ3v) is 5.46. The maximum absolute atomic E-state index is 12.2. The van der Waals surface area contributed by atoms with Crippen molar-refractivity contribution >= 4 is 33.3 Å². The van der Waals surface area contributed by atoms with Crippen LogP contribution in [-0.2, 0) is 19.4 Å². The van der Waals surface area contributed by atoms with Crippen molar-refractivity contribution in [3.05, 3.63) is 29.3 Å². The molecule has 1 aliphatic heterocycles. The van der Waals surface area contributed by atoms with Crippen molar-refractivity contribution < 1.29 is 23.1 Å². The van der Waals surface area contributed by atoms with Gasteiger partial charge in [-0.15, -0.1) is 0 Å². The fourth-order valence-electron chi connectivity index (χ4n) is 2.55. The first-order chi connectivity index (χ1) is 10.3. The smallest absolute Gasteiger partial charge is 0.305 e. The number of carboxylic acids is 1. The summed E-state index contributed by atoms with van der Waals surface area (Å²) in [6, 6.07) is 5.17. The van der Waals surface area contributed by atoms with E-state index in [1.54, 1.807) is 0 Å². The van der Waals surface area contributed by atoms with Gasteiger partial charge in [-0.25, -0.2) is 8.42 Å². The molecule has 8 heteroatoms. The molecule has 1 aromatic carbocycles. The van der Waals surface area contributed by atoms with Crippen LogP contribution in [0.15, 0.2) is 29.2 Å². The van der Waals surface area contributed by atoms with Gasteiger partial charge in [-0.3, -0.25) is 9.59 Å². The van der Waals surface area contributed by atoms with E-state index in [4.69, 9.17) is 16.7 Å². The molecular formula is C14H16ClNO5S. The quantitative estimate of drug-likeness (QED) is 0.874. The lowest BCUT2D eigenvalue weighted by Gasteiger charge is -2.23. The normalized spacial score (nSPS) is 18.4. The predicted octanol–water partition coefficient (Wildman–Crippen LogP) is 1.58. The molecule has 22 heavy (non-hydrogen) atoms. The van der Waals surface area contributed by atoms with Gasteiger partial charge in [0.1, 0.15) is 5.75 Å². The number of nitrogens with zero attached hydrogens (tertiary/aromatic N) is 1. The number of carbonyl (C=O) groups is 2. The van der Waals surface area contributed by atoms with E-state index in [0.717, 1.165) is 0 Å². The first kappa shape index (κ1) is 16.8. The van der Waals surface area contributed by atoms with Crippen LogP contribution in [0.2, 0.25) is 5.02 Å². The number of sulfone groups is 1. The van der Waals surface area contributed by atoms with Gasteiger partial charge < -0.3 is 10.0 Å². The van der Waals surface area contributed by atoms with Gasteiger partial charge in [-0.2, -0.15) is 0 Å². The minimum absolute atomic E-state index is 0.0271. The molecule has 0 aromatic heterocycles. The second-order valence-corrected chi connectivity index (χ2v) is 7.62. The van der Waals surface area contributed by atoms with Gasteiger partial charge in [0, 0.05) is 17.6 Å². The Morgan fingerprint density at radius 1 is 1.27 bits per heavy atom. The Bertz CT molecular complexity index is 671. The van der Waals surface area contributed by atoms with Crippen molar-refractivity contribution in [2.45, 2.75) is 30.2 Å². The van der Waals surface area contributed by atoms with Crippen LogP contribution in [0.1, 0.15) is 19.3 Å². The van der Waals surface area contributed by atoms with Crippen molar-refractivity contribution in [2.24, 2.45) is 0 Å². The lowest BCUT2D eigenvalue weighted by Crippen LogP contribution is -2.40. The molecule has 1 saturated heterocycles. The van der Waals surface area contributed by atoms with Crippen LogP contribution in [0.5, 0.6) is 0 Å². The maximum Gasteiger partial charge on any atom is 0.305 e. The molecule has 1 N–H and O–H groups in total. The third-order valence-electron chi connectivity index (χ3n) is 3.59. The van der Waals surface area contributed by atoms with Gasteiger partial charge >= 0.3 is 5.97 Å². The summed E-state index contributed by atoms with van der Waals surface area (Å²) in [5.41, 5.74) is 0. The highest BCUT2D eigenvalue weighted by Crippen LogP contribution is 2.22. The molecule has 2 rings (SSSR count). The Labute approximate surface area is 133 Å². The summed E-state index contributed by atoms with van der Waals surface area (Å²) in [7, 11) is -3.76. The molecule has 0 spiro atoms. The summed E-state index contributed by atoms with van der Waals surface area (Å²) < 4.78 is 24.5. The van der Waals surface area contributed by atoms with Crippen molar-refractivity contribution in [3.8, 4) is 0 Å². The molecule has 0 bridgehead atoms. The third kappa shape index (κ3) is 3.98. The van der Waals surface area contributed by atoms with E-state index in [1.807, 2.05) is 0 Å². The highest BCUT2D eigenvalue weighted by molar-refractivity contribution is 7.92. The first-order valence-electron chi connectivity index (χ1n) is 6.79. The van der Waals surface area contributed by atoms with Crippen LogP contribution in [-0.4, -0.2) is 48.6 Å². The van der Waals surface area contributed by atoms with Crippen molar-refractivity contribution in [2.75, 3.05) is 12.3 Å². The monoisotopic (exact) mass is 345 g/mol. The number of halogens is 1. The van der Waals surface area contributed by atoms with Crippen molar-refractivity contribution in [1.82, 2.24) is 4.90 Å². The number of hydrogen-bond acceptors (Lipinski definition) is 4. The molecule has 1 heterocycles. The topological polar surface area (TPSA) is 91.8 Å². The number of amides is 1. The van der Waals surface area contributed by atoms with Gasteiger partial charge in [-0.1, -0.05) is 11.6 Å². The summed E-state index contributed by atoms with van der Waals surface area (Å²) >= 11 is 5.71. The van der Waals surface area contributed by atoms with Gasteiger partial charge in [0.25, 0.3) is 0 Å². The van der Waals surface area contributed by atoms with E-state index in [9.17, 15) is 18.0 Å². The number of rotatable bonds is 5. The van der Waals surface area contributed by atoms with Gasteiger partial charge in [0.2, 0.25) is 5.91 Å². The number of carbonyl (C=O) groups excluding carboxylic acids is 1. The van der Waals surface area contributed by atoms with Crippen LogP contribution < -0.4 is 0 Å². The van der Waals surface area contributed by atoms with E-state index in [-0.39, 0.29) is 11.3 Å². The molecule has 0 aliphatic carbocycles. The summed E-state index contributed by atoms with van der Waals surface area (Å²) in [6.07, 6.45) is 1.11. The fraction of sp³-hybridized carbons (Fsp3) is 0.429. The number of aliphatic carboxylic acids is 1. The Kier molecular flexibility index (Phi) is 5.08. The summed E-state index contributed by atoms with van der Waals surface area (Å²) in [5, 5.41) is 9.25. The molecule has 0 saturated carbocycles. The summed E-state index contributed by atoms with van der Waals surface area (Å²) in [5.74, 6) is -2.21. The molecule has 1 unspecified atom stereocenters. The van der Waals surface area contributed by atoms with Crippen LogP contribution in [0.3, 0.4) is 0 Å². The van der Waals surface area contributed by atoms with Crippen LogP contribution in [0.4, 0.5) is 0 Å². The molecule has 1 fully saturated rings. The van der Waals surface area contributed by atoms with Gasteiger partial charge in [0.15, 0.2) is 9.84 Å². The Balaban J connectivity index is 2.10. The molecule has 1 aliphatic rings. The van der Waals surface area contributed by atoms with E-state index >= 15 is 0 Å². The van der Waals surface area contributed by atoms with E-state index in [0.29, 0.717) is 24.4 Å². The largest absolute Gasteiger partial charge is 0.481 e. The zero-order chi connectivity index (χ0) is 16.3. The highest BCUT2D eigenvalue weighted by atomic mass is 35.5. The first-order valence-corrected chi connectivity index (χ1v) is 8.82. The van der Waals surface area contributed by atoms with Gasteiger partial charge in [-0.05, 0) is 37.1 Å². The number of carboxylic acid groups (broad SMARTS) is 1. The lowest BCUT2D eigenvalue weighted by molar-refractivity contribution is -0.139. The zero-order valence-electron chi connectivity index (χ0n) is 11.7. The predicted molar refractivity (Wildman–Crippen MR) is 80.5 cm³/mol. The summed E-state index contributed by atoms with van der Waals surface area (Å²) in [4.78, 5) is 24.4. The average molecular weight is 346 g/mol. The lowest BCUT2D eigenvalue weighted by atomic mass is 10.1. The van der Waals surface area contributed by atoms with Crippen molar-refractivity contribution in [1.29, 1.82) is 0 Å². The minimum atomic E-state index is -3.76. The van der Waals surface area contributed by atoms with Crippen LogP contribution in [0, 0.1) is 0 Å². The molecule has 0 radical (unpaired) electrons.